The van der Waals surface area contributed by atoms with Gasteiger partial charge >= 0.3 is 0 Å². The van der Waals surface area contributed by atoms with Crippen LogP contribution in [-0.4, -0.2) is 17.2 Å². The Hall–Kier alpha value is -0.860. The van der Waals surface area contributed by atoms with Gasteiger partial charge in [-0.1, -0.05) is 30.3 Å². The third-order valence-electron chi connectivity index (χ3n) is 3.89. The van der Waals surface area contributed by atoms with Crippen LogP contribution in [0.25, 0.3) is 0 Å². The molecule has 1 saturated heterocycles. The van der Waals surface area contributed by atoms with Crippen molar-refractivity contribution >= 4 is 0 Å². The van der Waals surface area contributed by atoms with E-state index in [0.29, 0.717) is 12.0 Å². The molecular weight excluding hydrogens is 186 g/mol. The lowest BCUT2D eigenvalue weighted by Gasteiger charge is -2.28. The van der Waals surface area contributed by atoms with E-state index < -0.39 is 0 Å². The van der Waals surface area contributed by atoms with Gasteiger partial charge in [-0.05, 0) is 30.7 Å². The smallest absolute Gasteiger partial charge is 0.0945 e. The van der Waals surface area contributed by atoms with Crippen molar-refractivity contribution < 1.29 is 5.11 Å². The molecule has 1 heterocycles. The van der Waals surface area contributed by atoms with Gasteiger partial charge in [0.2, 0.25) is 0 Å². The van der Waals surface area contributed by atoms with Crippen LogP contribution >= 0.6 is 0 Å². The monoisotopic (exact) mass is 203 g/mol. The molecule has 2 aliphatic rings. The van der Waals surface area contributed by atoms with Crippen LogP contribution in [0.15, 0.2) is 30.3 Å². The fourth-order valence-electron chi connectivity index (χ4n) is 3.11. The summed E-state index contributed by atoms with van der Waals surface area (Å²) in [7, 11) is 0. The number of aliphatic hydroxyl groups excluding tert-OH is 1. The van der Waals surface area contributed by atoms with Gasteiger partial charge in [-0.15, -0.1) is 0 Å². The van der Waals surface area contributed by atoms with Crippen LogP contribution < -0.4 is 5.32 Å². The second kappa shape index (κ2) is 3.62. The van der Waals surface area contributed by atoms with Crippen molar-refractivity contribution in [2.75, 3.05) is 0 Å². The Labute approximate surface area is 90.3 Å². The largest absolute Gasteiger partial charge is 0.387 e. The fraction of sp³-hybridized carbons (Fsp3) is 0.538. The van der Waals surface area contributed by atoms with E-state index in [2.05, 4.69) is 5.32 Å². The number of nitrogens with one attached hydrogen (secondary N) is 1. The molecule has 80 valence electrons. The zero-order valence-electron chi connectivity index (χ0n) is 8.76. The highest BCUT2D eigenvalue weighted by atomic mass is 16.3. The first kappa shape index (κ1) is 9.37. The number of fused-ring (bicyclic) bond motifs is 2. The fourth-order valence-corrected chi connectivity index (χ4v) is 3.11. The predicted octanol–water partition coefficient (Wildman–Crippen LogP) is 1.86. The molecule has 0 spiro atoms. The molecule has 1 aromatic rings. The van der Waals surface area contributed by atoms with E-state index >= 15 is 0 Å². The lowest BCUT2D eigenvalue weighted by Crippen LogP contribution is -2.40. The Balaban J connectivity index is 1.78. The van der Waals surface area contributed by atoms with Gasteiger partial charge in [-0.25, -0.2) is 0 Å². The summed E-state index contributed by atoms with van der Waals surface area (Å²) in [4.78, 5) is 0. The molecule has 1 saturated carbocycles. The summed E-state index contributed by atoms with van der Waals surface area (Å²) in [6.45, 7) is 0. The van der Waals surface area contributed by atoms with Gasteiger partial charge in [-0.2, -0.15) is 0 Å². The number of hydrogen-bond donors (Lipinski definition) is 2. The molecular formula is C13H17NO. The minimum atomic E-state index is -0.332. The van der Waals surface area contributed by atoms with Crippen molar-refractivity contribution in [1.82, 2.24) is 5.32 Å². The van der Waals surface area contributed by atoms with E-state index in [1.165, 1.54) is 19.3 Å². The Bertz CT molecular complexity index is 338. The van der Waals surface area contributed by atoms with E-state index in [0.717, 1.165) is 5.56 Å². The quantitative estimate of drug-likeness (QED) is 0.769. The molecule has 1 aromatic carbocycles. The molecule has 4 atom stereocenters. The van der Waals surface area contributed by atoms with E-state index in [-0.39, 0.29) is 12.1 Å². The number of piperidine rings is 1. The summed E-state index contributed by atoms with van der Waals surface area (Å²) >= 11 is 0. The summed E-state index contributed by atoms with van der Waals surface area (Å²) < 4.78 is 0. The lowest BCUT2D eigenvalue weighted by atomic mass is 9.91. The molecule has 15 heavy (non-hydrogen) atoms. The van der Waals surface area contributed by atoms with E-state index in [1.54, 1.807) is 0 Å². The van der Waals surface area contributed by atoms with E-state index in [4.69, 9.17) is 0 Å². The molecule has 2 N–H and O–H groups in total. The molecule has 2 nitrogen and oxygen atoms in total. The third-order valence-corrected chi connectivity index (χ3v) is 3.89. The Kier molecular flexibility index (Phi) is 2.26. The Morgan fingerprint density at radius 2 is 2.00 bits per heavy atom. The molecule has 0 aromatic heterocycles. The minimum absolute atomic E-state index is 0.283. The van der Waals surface area contributed by atoms with Crippen LogP contribution in [0.3, 0.4) is 0 Å². The summed E-state index contributed by atoms with van der Waals surface area (Å²) in [6.07, 6.45) is 3.50. The van der Waals surface area contributed by atoms with Gasteiger partial charge in [0.1, 0.15) is 0 Å². The molecule has 2 unspecified atom stereocenters. The van der Waals surface area contributed by atoms with Crippen LogP contribution in [0.5, 0.6) is 0 Å². The molecule has 0 radical (unpaired) electrons. The number of aliphatic hydroxyl groups is 1. The molecule has 0 amide bonds. The van der Waals surface area contributed by atoms with Gasteiger partial charge in [0.05, 0.1) is 6.10 Å². The van der Waals surface area contributed by atoms with Crippen molar-refractivity contribution in [3.05, 3.63) is 35.9 Å². The molecule has 2 heteroatoms. The maximum Gasteiger partial charge on any atom is 0.0945 e. The Morgan fingerprint density at radius 3 is 2.60 bits per heavy atom. The highest BCUT2D eigenvalue weighted by molar-refractivity contribution is 5.20. The predicted molar refractivity (Wildman–Crippen MR) is 59.5 cm³/mol. The van der Waals surface area contributed by atoms with Crippen molar-refractivity contribution in [3.63, 3.8) is 0 Å². The SMILES string of the molecule is O[C@H](c1ccccc1)[C@@H]1NC2CCC1C2. The third kappa shape index (κ3) is 1.58. The maximum absolute atomic E-state index is 10.3. The van der Waals surface area contributed by atoms with Gasteiger partial charge in [0.25, 0.3) is 0 Å². The van der Waals surface area contributed by atoms with E-state index in [9.17, 15) is 5.11 Å². The standard InChI is InChI=1S/C13H17NO/c15-13(9-4-2-1-3-5-9)12-10-6-7-11(8-10)14-12/h1-5,10-15H,6-8H2/t10?,11?,12-,13-/m1/s1. The van der Waals surface area contributed by atoms with Crippen molar-refractivity contribution in [3.8, 4) is 0 Å². The summed E-state index contributed by atoms with van der Waals surface area (Å²) in [6, 6.07) is 10.9. The lowest BCUT2D eigenvalue weighted by molar-refractivity contribution is 0.106. The molecule has 2 bridgehead atoms. The van der Waals surface area contributed by atoms with E-state index in [1.807, 2.05) is 30.3 Å². The summed E-state index contributed by atoms with van der Waals surface area (Å²) in [5, 5.41) is 13.8. The highest BCUT2D eigenvalue weighted by Gasteiger charge is 2.42. The average molecular weight is 203 g/mol. The highest BCUT2D eigenvalue weighted by Crippen LogP contribution is 2.39. The first-order valence-electron chi connectivity index (χ1n) is 5.83. The van der Waals surface area contributed by atoms with Gasteiger partial charge in [0, 0.05) is 12.1 Å². The van der Waals surface area contributed by atoms with Gasteiger partial charge < -0.3 is 10.4 Å². The second-order valence-electron chi connectivity index (χ2n) is 4.82. The average Bonchev–Trinajstić information content (AvgIpc) is 2.91. The first-order chi connectivity index (χ1) is 7.34. The number of benzene rings is 1. The summed E-state index contributed by atoms with van der Waals surface area (Å²) in [5.74, 6) is 0.685. The van der Waals surface area contributed by atoms with Crippen molar-refractivity contribution in [2.45, 2.75) is 37.5 Å². The van der Waals surface area contributed by atoms with Crippen molar-refractivity contribution in [2.24, 2.45) is 5.92 Å². The second-order valence-corrected chi connectivity index (χ2v) is 4.82. The number of hydrogen-bond acceptors (Lipinski definition) is 2. The van der Waals surface area contributed by atoms with Crippen molar-refractivity contribution in [1.29, 1.82) is 0 Å². The van der Waals surface area contributed by atoms with Crippen LogP contribution in [0.4, 0.5) is 0 Å². The summed E-state index contributed by atoms with van der Waals surface area (Å²) in [5.41, 5.74) is 1.04. The van der Waals surface area contributed by atoms with Gasteiger partial charge in [-0.3, -0.25) is 0 Å². The van der Waals surface area contributed by atoms with Crippen LogP contribution in [0.2, 0.25) is 0 Å². The van der Waals surface area contributed by atoms with Gasteiger partial charge in [0.15, 0.2) is 0 Å². The zero-order chi connectivity index (χ0) is 10.3. The molecule has 2 fully saturated rings. The molecule has 1 aliphatic heterocycles. The minimum Gasteiger partial charge on any atom is -0.387 e. The van der Waals surface area contributed by atoms with Crippen LogP contribution in [0.1, 0.15) is 30.9 Å². The first-order valence-corrected chi connectivity index (χ1v) is 5.83. The zero-order valence-corrected chi connectivity index (χ0v) is 8.76. The topological polar surface area (TPSA) is 32.3 Å². The molecule has 1 aliphatic carbocycles. The maximum atomic E-state index is 10.3. The van der Waals surface area contributed by atoms with Crippen LogP contribution in [-0.2, 0) is 0 Å². The molecule has 3 rings (SSSR count). The normalized spacial score (nSPS) is 35.7. The Morgan fingerprint density at radius 1 is 1.20 bits per heavy atom. The number of rotatable bonds is 2. The van der Waals surface area contributed by atoms with Crippen LogP contribution in [0, 0.1) is 5.92 Å².